The minimum Gasteiger partial charge on any atom is -0.465 e. The molecule has 0 spiro atoms. The number of thiazole rings is 1. The molecule has 0 N–H and O–H groups in total. The molecule has 4 aromatic rings. The monoisotopic (exact) mass is 417 g/mol. The van der Waals surface area contributed by atoms with E-state index in [9.17, 15) is 9.59 Å². The van der Waals surface area contributed by atoms with Crippen LogP contribution in [0.15, 0.2) is 60.1 Å². The van der Waals surface area contributed by atoms with Crippen molar-refractivity contribution < 1.29 is 14.3 Å². The Bertz CT molecular complexity index is 1260. The molecule has 1 aliphatic rings. The van der Waals surface area contributed by atoms with E-state index in [0.717, 1.165) is 39.6 Å². The number of fused-ring (bicyclic) bond motifs is 2. The molecule has 6 nitrogen and oxygen atoms in total. The molecule has 5 rings (SSSR count). The first-order valence-electron chi connectivity index (χ1n) is 9.66. The largest absolute Gasteiger partial charge is 0.465 e. The number of rotatable bonds is 4. The second kappa shape index (κ2) is 7.42. The van der Waals surface area contributed by atoms with Gasteiger partial charge in [-0.05, 0) is 30.2 Å². The smallest absolute Gasteiger partial charge is 0.337 e. The van der Waals surface area contributed by atoms with Crippen molar-refractivity contribution >= 4 is 33.9 Å². The Morgan fingerprint density at radius 1 is 1.17 bits per heavy atom. The summed E-state index contributed by atoms with van der Waals surface area (Å²) >= 11 is 1.54. The van der Waals surface area contributed by atoms with Crippen molar-refractivity contribution in [3.63, 3.8) is 0 Å². The summed E-state index contributed by atoms with van der Waals surface area (Å²) in [6.45, 7) is 0.616. The molecule has 0 fully saturated rings. The number of nitrogens with zero attached hydrogens (tertiary/aromatic N) is 3. The molecule has 0 unspecified atom stereocenters. The lowest BCUT2D eigenvalue weighted by Gasteiger charge is -2.17. The van der Waals surface area contributed by atoms with Crippen molar-refractivity contribution in [1.29, 1.82) is 0 Å². The summed E-state index contributed by atoms with van der Waals surface area (Å²) in [5, 5.41) is 1.99. The average Bonchev–Trinajstić information content (AvgIpc) is 3.48. The van der Waals surface area contributed by atoms with E-state index in [0.29, 0.717) is 18.5 Å². The van der Waals surface area contributed by atoms with Crippen molar-refractivity contribution in [2.24, 2.45) is 0 Å². The molecule has 2 aromatic carbocycles. The predicted molar refractivity (Wildman–Crippen MR) is 116 cm³/mol. The van der Waals surface area contributed by atoms with Crippen LogP contribution >= 0.6 is 11.3 Å². The lowest BCUT2D eigenvalue weighted by atomic mass is 10.1. The van der Waals surface area contributed by atoms with Crippen LogP contribution in [0.4, 0.5) is 5.69 Å². The Labute approximate surface area is 177 Å². The van der Waals surface area contributed by atoms with E-state index in [4.69, 9.17) is 9.72 Å². The Balaban J connectivity index is 1.39. The topological polar surface area (TPSA) is 63.9 Å². The van der Waals surface area contributed by atoms with Crippen molar-refractivity contribution in [3.8, 4) is 11.3 Å². The van der Waals surface area contributed by atoms with Crippen LogP contribution in [0.5, 0.6) is 0 Å². The summed E-state index contributed by atoms with van der Waals surface area (Å²) < 4.78 is 6.79. The number of esters is 1. The van der Waals surface area contributed by atoms with Gasteiger partial charge < -0.3 is 9.64 Å². The molecule has 150 valence electrons. The number of carbonyl (C=O) groups excluding carboxylic acids is 2. The molecule has 1 amide bonds. The number of benzene rings is 2. The highest BCUT2D eigenvalue weighted by molar-refractivity contribution is 7.15. The van der Waals surface area contributed by atoms with Gasteiger partial charge in [0, 0.05) is 35.1 Å². The third kappa shape index (κ3) is 3.17. The molecule has 30 heavy (non-hydrogen) atoms. The van der Waals surface area contributed by atoms with Crippen molar-refractivity contribution in [2.75, 3.05) is 18.6 Å². The summed E-state index contributed by atoms with van der Waals surface area (Å²) in [5.41, 5.74) is 5.26. The maximum absolute atomic E-state index is 13.1. The van der Waals surface area contributed by atoms with Gasteiger partial charge in [-0.1, -0.05) is 30.3 Å². The van der Waals surface area contributed by atoms with Crippen LogP contribution in [0.3, 0.4) is 0 Å². The van der Waals surface area contributed by atoms with Gasteiger partial charge in [-0.2, -0.15) is 0 Å². The minimum atomic E-state index is -0.363. The van der Waals surface area contributed by atoms with Crippen LogP contribution in [0, 0.1) is 0 Å². The first-order chi connectivity index (χ1) is 14.6. The van der Waals surface area contributed by atoms with Gasteiger partial charge >= 0.3 is 5.97 Å². The Hall–Kier alpha value is -3.45. The summed E-state index contributed by atoms with van der Waals surface area (Å²) in [4.78, 5) is 32.2. The van der Waals surface area contributed by atoms with E-state index < -0.39 is 0 Å². The number of hydrogen-bond acceptors (Lipinski definition) is 5. The van der Waals surface area contributed by atoms with E-state index in [2.05, 4.69) is 0 Å². The lowest BCUT2D eigenvalue weighted by Crippen LogP contribution is -2.30. The fraction of sp³-hybridized carbons (Fsp3) is 0.174. The third-order valence-corrected chi connectivity index (χ3v) is 6.27. The van der Waals surface area contributed by atoms with E-state index in [1.165, 1.54) is 18.4 Å². The summed E-state index contributed by atoms with van der Waals surface area (Å²) in [6, 6.07) is 15.4. The third-order valence-electron chi connectivity index (χ3n) is 5.38. The number of amides is 1. The first kappa shape index (κ1) is 18.6. The van der Waals surface area contributed by atoms with E-state index in [-0.39, 0.29) is 11.9 Å². The van der Waals surface area contributed by atoms with E-state index in [1.807, 2.05) is 58.4 Å². The highest BCUT2D eigenvalue weighted by Gasteiger charge is 2.26. The molecule has 2 aromatic heterocycles. The molecular formula is C23H19N3O3S. The van der Waals surface area contributed by atoms with Crippen LogP contribution in [-0.4, -0.2) is 34.9 Å². The molecule has 3 heterocycles. The number of imidazole rings is 1. The fourth-order valence-electron chi connectivity index (χ4n) is 3.86. The first-order valence-corrected chi connectivity index (χ1v) is 10.5. The molecule has 0 aliphatic carbocycles. The van der Waals surface area contributed by atoms with E-state index >= 15 is 0 Å². The minimum absolute atomic E-state index is 0.0363. The highest BCUT2D eigenvalue weighted by atomic mass is 32.1. The van der Waals surface area contributed by atoms with Crippen LogP contribution in [0.25, 0.3) is 16.2 Å². The average molecular weight is 417 g/mol. The van der Waals surface area contributed by atoms with Crippen LogP contribution in [-0.2, 0) is 22.4 Å². The normalized spacial score (nSPS) is 12.9. The molecule has 1 aliphatic heterocycles. The number of anilines is 1. The lowest BCUT2D eigenvalue weighted by molar-refractivity contribution is -0.117. The van der Waals surface area contributed by atoms with Crippen LogP contribution < -0.4 is 4.90 Å². The zero-order valence-corrected chi connectivity index (χ0v) is 17.2. The number of hydrogen-bond donors (Lipinski definition) is 0. The van der Waals surface area contributed by atoms with Gasteiger partial charge in [-0.3, -0.25) is 9.20 Å². The maximum atomic E-state index is 13.1. The zero-order chi connectivity index (χ0) is 20.7. The summed E-state index contributed by atoms with van der Waals surface area (Å²) in [5.74, 6) is -0.327. The standard InChI is InChI=1S/C23H19N3O3S/c1-29-22(28)17-7-8-20-16(11-17)9-10-25(20)21(27)12-18-14-30-23-24-19(13-26(18)23)15-5-3-2-4-6-15/h2-8,11,13-14H,9-10,12H2,1H3. The van der Waals surface area contributed by atoms with Gasteiger partial charge in [0.25, 0.3) is 0 Å². The predicted octanol–water partition coefficient (Wildman–Crippen LogP) is 3.98. The molecule has 0 saturated carbocycles. The summed E-state index contributed by atoms with van der Waals surface area (Å²) in [7, 11) is 1.37. The second-order valence-corrected chi connectivity index (χ2v) is 8.02. The fourth-order valence-corrected chi connectivity index (χ4v) is 4.73. The van der Waals surface area contributed by atoms with Crippen LogP contribution in [0.1, 0.15) is 21.6 Å². The van der Waals surface area contributed by atoms with Gasteiger partial charge in [-0.25, -0.2) is 9.78 Å². The maximum Gasteiger partial charge on any atom is 0.337 e. The molecule has 0 radical (unpaired) electrons. The molecule has 0 saturated heterocycles. The van der Waals surface area contributed by atoms with Crippen LogP contribution in [0.2, 0.25) is 0 Å². The number of methoxy groups -OCH3 is 1. The zero-order valence-electron chi connectivity index (χ0n) is 16.4. The van der Waals surface area contributed by atoms with Gasteiger partial charge in [0.15, 0.2) is 4.96 Å². The number of ether oxygens (including phenoxy) is 1. The quantitative estimate of drug-likeness (QED) is 0.471. The van der Waals surface area contributed by atoms with Crippen molar-refractivity contribution in [2.45, 2.75) is 12.8 Å². The SMILES string of the molecule is COC(=O)c1ccc2c(c1)CCN2C(=O)Cc1csc2nc(-c3ccccc3)cn12. The Morgan fingerprint density at radius 2 is 2.00 bits per heavy atom. The molecule has 0 atom stereocenters. The highest BCUT2D eigenvalue weighted by Crippen LogP contribution is 2.30. The Morgan fingerprint density at radius 3 is 2.80 bits per heavy atom. The van der Waals surface area contributed by atoms with Crippen molar-refractivity contribution in [1.82, 2.24) is 9.38 Å². The number of aromatic nitrogens is 2. The van der Waals surface area contributed by atoms with Gasteiger partial charge in [0.05, 0.1) is 24.8 Å². The number of carbonyl (C=O) groups is 2. The van der Waals surface area contributed by atoms with E-state index in [1.54, 1.807) is 11.0 Å². The summed E-state index contributed by atoms with van der Waals surface area (Å²) in [6.07, 6.45) is 3.02. The molecular weight excluding hydrogens is 398 g/mol. The second-order valence-electron chi connectivity index (χ2n) is 7.18. The van der Waals surface area contributed by atoms with Crippen molar-refractivity contribution in [3.05, 3.63) is 76.9 Å². The Kier molecular flexibility index (Phi) is 4.59. The van der Waals surface area contributed by atoms with Gasteiger partial charge in [0.1, 0.15) is 0 Å². The van der Waals surface area contributed by atoms with Gasteiger partial charge in [-0.15, -0.1) is 11.3 Å². The van der Waals surface area contributed by atoms with Gasteiger partial charge in [0.2, 0.25) is 5.91 Å². The molecule has 7 heteroatoms. The molecule has 0 bridgehead atoms.